The first-order valence-electron chi connectivity index (χ1n) is 26.9. The van der Waals surface area contributed by atoms with Crippen molar-refractivity contribution >= 4 is 23.6 Å². The van der Waals surface area contributed by atoms with Crippen molar-refractivity contribution in [1.82, 2.24) is 0 Å². The number of hydrogen-bond donors (Lipinski definition) is 0. The van der Waals surface area contributed by atoms with E-state index in [0.717, 1.165) is 6.42 Å². The van der Waals surface area contributed by atoms with Crippen molar-refractivity contribution in [3.63, 3.8) is 0 Å². The fourth-order valence-electron chi connectivity index (χ4n) is 10.5. The Labute approximate surface area is 434 Å². The molecule has 65 heavy (non-hydrogen) atoms. The number of unbranched alkanes of at least 4 members (excludes halogenated alkanes) is 18. The molecule has 0 fully saturated rings. The van der Waals surface area contributed by atoms with E-state index in [1.807, 2.05) is 0 Å². The van der Waals surface area contributed by atoms with E-state index in [2.05, 4.69) is 130 Å². The zero-order chi connectivity index (χ0) is 44.4. The minimum atomic E-state index is -2.82. The summed E-state index contributed by atoms with van der Waals surface area (Å²) >= 11 is 2.52. The second-order valence-electron chi connectivity index (χ2n) is 19.7. The van der Waals surface area contributed by atoms with Crippen LogP contribution in [0.3, 0.4) is 0 Å². The van der Waals surface area contributed by atoms with Gasteiger partial charge in [0.1, 0.15) is 0 Å². The Kier molecular flexibility index (Phi) is 34.3. The first kappa shape index (κ1) is 62.0. The molecule has 3 aromatic rings. The number of aryl methyl sites for hydroxylation is 6. The Balaban J connectivity index is 0.00000704. The van der Waals surface area contributed by atoms with Gasteiger partial charge in [-0.1, -0.05) is 0 Å². The first-order chi connectivity index (χ1) is 30.3. The monoisotopic (exact) mass is 995 g/mol. The normalized spacial score (nSPS) is 12.5. The predicted octanol–water partition coefficient (Wildman–Crippen LogP) is 7.60. The average molecular weight is 997 g/mol. The molecule has 3 aromatic carbocycles. The molecule has 5 heteroatoms. The summed E-state index contributed by atoms with van der Waals surface area (Å²) in [4.78, 5) is 0. The van der Waals surface area contributed by atoms with Gasteiger partial charge in [-0.15, -0.1) is 0 Å². The fraction of sp³-hybridized carbons (Fsp3) is 0.633. The molecule has 0 spiro atoms. The van der Waals surface area contributed by atoms with E-state index in [4.69, 9.17) is 0 Å². The van der Waals surface area contributed by atoms with Crippen molar-refractivity contribution in [2.45, 2.75) is 248 Å². The maximum atomic E-state index is 2.79. The van der Waals surface area contributed by atoms with Gasteiger partial charge in [0.05, 0.1) is 0 Å². The summed E-state index contributed by atoms with van der Waals surface area (Å²) in [7, 11) is -2.82. The molecule has 0 nitrogen and oxygen atoms in total. The average Bonchev–Trinajstić information content (AvgIpc) is 3.61. The third-order valence-electron chi connectivity index (χ3n) is 14.1. The van der Waals surface area contributed by atoms with E-state index in [9.17, 15) is 0 Å². The van der Waals surface area contributed by atoms with Crippen LogP contribution in [0.4, 0.5) is 0 Å². The first-order valence-corrected chi connectivity index (χ1v) is 29.6. The Hall–Kier alpha value is -1.06. The number of benzene rings is 3. The third kappa shape index (κ3) is 20.1. The number of rotatable bonds is 34. The summed E-state index contributed by atoms with van der Waals surface area (Å²) in [5.41, 5.74) is 11.2. The predicted molar refractivity (Wildman–Crippen MR) is 276 cm³/mol. The van der Waals surface area contributed by atoms with Crippen LogP contribution >= 0.6 is 0 Å². The molecule has 0 atom stereocenters. The summed E-state index contributed by atoms with van der Waals surface area (Å²) in [5, 5.41) is 6.78. The van der Waals surface area contributed by atoms with Crippen LogP contribution in [0.25, 0.3) is 0 Å². The molecule has 0 saturated heterocycles. The van der Waals surface area contributed by atoms with Gasteiger partial charge in [0, 0.05) is 0 Å². The quantitative estimate of drug-likeness (QED) is 0.0329. The van der Waals surface area contributed by atoms with Gasteiger partial charge in [-0.2, -0.15) is 0 Å². The molecule has 0 amide bonds. The molecule has 0 radical (unpaired) electrons. The minimum Gasteiger partial charge on any atom is -1.00 e. The Morgan fingerprint density at radius 1 is 0.354 bits per heavy atom. The SMILES string of the molecule is CCCCCCc1cc(CCCCCC)cc([Si](C2=[C]([Ti+3])CC=C2C)(c2cc(CCCCCC)cc(CCCCCC)c2)c2cc(CCCCCC)cc(CCCCCC)c2)c1.[Cl-].[Cl-].[Cl-]. The molecule has 0 unspecified atom stereocenters. The van der Waals surface area contributed by atoms with Crippen molar-refractivity contribution in [3.8, 4) is 0 Å². The maximum absolute atomic E-state index is 2.82. The molecule has 0 aromatic heterocycles. The molecular formula is C60H93Cl3SiTi. The molecule has 1 aliphatic carbocycles. The van der Waals surface area contributed by atoms with Crippen molar-refractivity contribution in [2.24, 2.45) is 0 Å². The van der Waals surface area contributed by atoms with Crippen LogP contribution in [0.1, 0.15) is 242 Å². The van der Waals surface area contributed by atoms with Gasteiger partial charge < -0.3 is 37.2 Å². The molecule has 0 bridgehead atoms. The summed E-state index contributed by atoms with van der Waals surface area (Å²) in [6.07, 6.45) is 42.6. The van der Waals surface area contributed by atoms with Gasteiger partial charge in [-0.25, -0.2) is 0 Å². The van der Waals surface area contributed by atoms with Crippen LogP contribution in [0.15, 0.2) is 75.3 Å². The van der Waals surface area contributed by atoms with Crippen molar-refractivity contribution in [1.29, 1.82) is 0 Å². The molecule has 0 saturated carbocycles. The smallest absolute Gasteiger partial charge is 1.00 e. The van der Waals surface area contributed by atoms with Gasteiger partial charge in [0.15, 0.2) is 0 Å². The van der Waals surface area contributed by atoms with Gasteiger partial charge >= 0.3 is 400 Å². The Morgan fingerprint density at radius 3 is 0.769 bits per heavy atom. The largest absolute Gasteiger partial charge is 1.00 e. The van der Waals surface area contributed by atoms with Gasteiger partial charge in [-0.05, 0) is 0 Å². The molecular weight excluding hydrogens is 903 g/mol. The molecule has 0 heterocycles. The summed E-state index contributed by atoms with van der Waals surface area (Å²) in [5.74, 6) is 0. The summed E-state index contributed by atoms with van der Waals surface area (Å²) in [6.45, 7) is 16.6. The van der Waals surface area contributed by atoms with E-state index in [1.54, 1.807) is 63.6 Å². The molecule has 4 rings (SSSR count). The zero-order valence-electron chi connectivity index (χ0n) is 42.8. The maximum Gasteiger partial charge on any atom is -1.00 e. The Morgan fingerprint density at radius 2 is 0.585 bits per heavy atom. The third-order valence-corrected chi connectivity index (χ3v) is 20.1. The van der Waals surface area contributed by atoms with E-state index in [1.165, 1.54) is 193 Å². The second-order valence-corrected chi connectivity index (χ2v) is 24.3. The molecule has 362 valence electrons. The fourth-order valence-corrected chi connectivity index (χ4v) is 17.4. The number of halogens is 3. The van der Waals surface area contributed by atoms with Gasteiger partial charge in [0.2, 0.25) is 0 Å². The topological polar surface area (TPSA) is 0 Å². The standard InChI is InChI=1S/C60H93Si.3ClH.Ti/c1-8-14-20-26-34-51-41-52(35-27-21-15-9-2)45-57(44-51)61(60-40-32-33-50(60)7,58-46-53(36-28-22-16-10-3)42-54(47-58)37-29-23-17-11-4)59-48-55(38-30-24-18-12-5)43-56(49-59)39-31-25-19-13-6;;;;/h33,41-49H,8-32,34-39H2,1-7H3;3*1H;/q;;;;+3/p-3. The van der Waals surface area contributed by atoms with Crippen molar-refractivity contribution in [3.05, 3.63) is 109 Å². The van der Waals surface area contributed by atoms with E-state index >= 15 is 0 Å². The van der Waals surface area contributed by atoms with Crippen LogP contribution in [-0.4, -0.2) is 8.07 Å². The van der Waals surface area contributed by atoms with Crippen molar-refractivity contribution in [2.75, 3.05) is 0 Å². The van der Waals surface area contributed by atoms with Crippen LogP contribution < -0.4 is 52.8 Å². The molecule has 0 aliphatic heterocycles. The number of hydrogen-bond acceptors (Lipinski definition) is 0. The van der Waals surface area contributed by atoms with E-state index < -0.39 is 8.07 Å². The van der Waals surface area contributed by atoms with Crippen LogP contribution in [0.5, 0.6) is 0 Å². The summed E-state index contributed by atoms with van der Waals surface area (Å²) in [6, 6.07) is 24.7. The van der Waals surface area contributed by atoms with Crippen molar-refractivity contribution < 1.29 is 57.7 Å². The Bertz CT molecular complexity index is 1530. The molecule has 1 aliphatic rings. The second kappa shape index (κ2) is 36.0. The van der Waals surface area contributed by atoms with E-state index in [-0.39, 0.29) is 37.2 Å². The minimum absolute atomic E-state index is 0. The molecule has 0 N–H and O–H groups in total. The van der Waals surface area contributed by atoms with Crippen LogP contribution in [-0.2, 0) is 59.0 Å². The van der Waals surface area contributed by atoms with E-state index in [0.29, 0.717) is 0 Å². The van der Waals surface area contributed by atoms with Crippen LogP contribution in [0.2, 0.25) is 0 Å². The number of allylic oxidation sites excluding steroid dienone is 4. The van der Waals surface area contributed by atoms with Crippen LogP contribution in [0, 0.1) is 0 Å². The van der Waals surface area contributed by atoms with Gasteiger partial charge in [0.25, 0.3) is 0 Å². The zero-order valence-corrected chi connectivity index (χ0v) is 47.7. The summed E-state index contributed by atoms with van der Waals surface area (Å²) < 4.78 is 1.63. The van der Waals surface area contributed by atoms with Gasteiger partial charge in [-0.3, -0.25) is 0 Å².